The van der Waals surface area contributed by atoms with Crippen molar-refractivity contribution < 1.29 is 4.79 Å². The number of carbonyl (C=O) groups is 1. The van der Waals surface area contributed by atoms with Crippen molar-refractivity contribution in [2.75, 3.05) is 7.05 Å². The Hall–Kier alpha value is -1.91. The molecule has 2 heterocycles. The van der Waals surface area contributed by atoms with E-state index in [4.69, 9.17) is 0 Å². The molecule has 2 aromatic rings. The Bertz CT molecular complexity index is 448. The Kier molecular flexibility index (Phi) is 1.70. The largest absolute Gasteiger partial charge is 0.354 e. The van der Waals surface area contributed by atoms with Gasteiger partial charge >= 0.3 is 0 Å². The van der Waals surface area contributed by atoms with Gasteiger partial charge in [0, 0.05) is 19.4 Å². The van der Waals surface area contributed by atoms with Crippen LogP contribution in [0.4, 0.5) is 0 Å². The van der Waals surface area contributed by atoms with E-state index in [1.54, 1.807) is 25.5 Å². The van der Waals surface area contributed by atoms with E-state index < -0.39 is 0 Å². The SMILES string of the molecule is CNC(=O)c1n[nH]c2ccncc12. The smallest absolute Gasteiger partial charge is 0.272 e. The fraction of sp³-hybridized carbons (Fsp3) is 0.125. The summed E-state index contributed by atoms with van der Waals surface area (Å²) in [6.45, 7) is 0. The molecule has 2 rings (SSSR count). The maximum Gasteiger partial charge on any atom is 0.272 e. The van der Waals surface area contributed by atoms with Crippen LogP contribution in [0, 0.1) is 0 Å². The first kappa shape index (κ1) is 7.72. The number of pyridine rings is 1. The number of aromatic amines is 1. The van der Waals surface area contributed by atoms with Crippen LogP contribution in [0.25, 0.3) is 10.9 Å². The van der Waals surface area contributed by atoms with Crippen LogP contribution < -0.4 is 5.32 Å². The first-order chi connectivity index (χ1) is 6.33. The fourth-order valence-electron chi connectivity index (χ4n) is 1.15. The average Bonchev–Trinajstić information content (AvgIpc) is 2.60. The molecule has 0 aromatic carbocycles. The van der Waals surface area contributed by atoms with Crippen LogP contribution in [-0.2, 0) is 0 Å². The molecule has 66 valence electrons. The predicted octanol–water partition coefficient (Wildman–Crippen LogP) is 0.317. The Labute approximate surface area is 74.2 Å². The summed E-state index contributed by atoms with van der Waals surface area (Å²) in [5, 5.41) is 9.89. The summed E-state index contributed by atoms with van der Waals surface area (Å²) in [7, 11) is 1.57. The second-order valence-corrected chi connectivity index (χ2v) is 2.57. The quantitative estimate of drug-likeness (QED) is 0.657. The summed E-state index contributed by atoms with van der Waals surface area (Å²) >= 11 is 0. The van der Waals surface area contributed by atoms with E-state index in [2.05, 4.69) is 20.5 Å². The minimum absolute atomic E-state index is 0.209. The second-order valence-electron chi connectivity index (χ2n) is 2.57. The molecule has 13 heavy (non-hydrogen) atoms. The summed E-state index contributed by atoms with van der Waals surface area (Å²) in [4.78, 5) is 15.2. The van der Waals surface area contributed by atoms with Gasteiger partial charge in [-0.3, -0.25) is 14.9 Å². The van der Waals surface area contributed by atoms with Crippen molar-refractivity contribution >= 4 is 16.8 Å². The Morgan fingerprint density at radius 2 is 2.46 bits per heavy atom. The third kappa shape index (κ3) is 1.14. The molecule has 0 unspecified atom stereocenters. The molecular weight excluding hydrogens is 168 g/mol. The van der Waals surface area contributed by atoms with E-state index in [-0.39, 0.29) is 5.91 Å². The van der Waals surface area contributed by atoms with E-state index in [9.17, 15) is 4.79 Å². The number of nitrogens with zero attached hydrogens (tertiary/aromatic N) is 2. The lowest BCUT2D eigenvalue weighted by Crippen LogP contribution is -2.18. The van der Waals surface area contributed by atoms with Gasteiger partial charge in [-0.05, 0) is 6.07 Å². The Morgan fingerprint density at radius 1 is 1.62 bits per heavy atom. The van der Waals surface area contributed by atoms with Gasteiger partial charge < -0.3 is 5.32 Å². The number of rotatable bonds is 1. The van der Waals surface area contributed by atoms with E-state index >= 15 is 0 Å². The summed E-state index contributed by atoms with van der Waals surface area (Å²) in [6.07, 6.45) is 3.26. The van der Waals surface area contributed by atoms with Crippen LogP contribution in [0.5, 0.6) is 0 Å². The van der Waals surface area contributed by atoms with Crippen LogP contribution in [0.15, 0.2) is 18.5 Å². The fourth-order valence-corrected chi connectivity index (χ4v) is 1.15. The minimum Gasteiger partial charge on any atom is -0.354 e. The van der Waals surface area contributed by atoms with Gasteiger partial charge in [0.05, 0.1) is 10.9 Å². The van der Waals surface area contributed by atoms with Crippen molar-refractivity contribution in [3.05, 3.63) is 24.2 Å². The average molecular weight is 176 g/mol. The van der Waals surface area contributed by atoms with Gasteiger partial charge in [0.2, 0.25) is 0 Å². The number of H-pyrrole nitrogens is 1. The van der Waals surface area contributed by atoms with Crippen LogP contribution in [0.2, 0.25) is 0 Å². The van der Waals surface area contributed by atoms with Crippen LogP contribution in [-0.4, -0.2) is 28.1 Å². The number of amides is 1. The first-order valence-corrected chi connectivity index (χ1v) is 3.83. The zero-order valence-electron chi connectivity index (χ0n) is 7.03. The van der Waals surface area contributed by atoms with Gasteiger partial charge in [0.1, 0.15) is 0 Å². The summed E-state index contributed by atoms with van der Waals surface area (Å²) in [5.74, 6) is -0.209. The molecule has 5 heteroatoms. The van der Waals surface area contributed by atoms with Crippen LogP contribution in [0.3, 0.4) is 0 Å². The lowest BCUT2D eigenvalue weighted by atomic mass is 10.2. The van der Waals surface area contributed by atoms with Crippen LogP contribution >= 0.6 is 0 Å². The lowest BCUT2D eigenvalue weighted by molar-refractivity contribution is 0.0959. The van der Waals surface area contributed by atoms with E-state index in [0.29, 0.717) is 5.69 Å². The van der Waals surface area contributed by atoms with Gasteiger partial charge in [-0.15, -0.1) is 0 Å². The highest BCUT2D eigenvalue weighted by Gasteiger charge is 2.11. The number of hydrogen-bond donors (Lipinski definition) is 2. The molecule has 0 saturated heterocycles. The minimum atomic E-state index is -0.209. The monoisotopic (exact) mass is 176 g/mol. The standard InChI is InChI=1S/C8H8N4O/c1-9-8(13)7-5-4-10-3-2-6(5)11-12-7/h2-4H,1H3,(H,9,13)(H,11,12). The topological polar surface area (TPSA) is 70.7 Å². The second kappa shape index (κ2) is 2.85. The molecule has 1 amide bonds. The zero-order chi connectivity index (χ0) is 9.26. The van der Waals surface area contributed by atoms with Crippen molar-refractivity contribution in [3.63, 3.8) is 0 Å². The molecule has 0 aliphatic rings. The molecule has 0 atom stereocenters. The molecule has 0 saturated carbocycles. The summed E-state index contributed by atoms with van der Waals surface area (Å²) in [5.41, 5.74) is 1.19. The normalized spacial score (nSPS) is 10.2. The third-order valence-corrected chi connectivity index (χ3v) is 1.81. The molecule has 0 aliphatic heterocycles. The highest BCUT2D eigenvalue weighted by molar-refractivity contribution is 6.04. The van der Waals surface area contributed by atoms with Gasteiger partial charge in [-0.2, -0.15) is 5.10 Å². The zero-order valence-corrected chi connectivity index (χ0v) is 7.03. The van der Waals surface area contributed by atoms with Crippen molar-refractivity contribution in [1.29, 1.82) is 0 Å². The number of hydrogen-bond acceptors (Lipinski definition) is 3. The van der Waals surface area contributed by atoms with Crippen molar-refractivity contribution in [2.45, 2.75) is 0 Å². The molecule has 5 nitrogen and oxygen atoms in total. The maximum absolute atomic E-state index is 11.3. The van der Waals surface area contributed by atoms with Gasteiger partial charge in [-0.1, -0.05) is 0 Å². The third-order valence-electron chi connectivity index (χ3n) is 1.81. The maximum atomic E-state index is 11.3. The number of carbonyl (C=O) groups excluding carboxylic acids is 1. The van der Waals surface area contributed by atoms with Crippen LogP contribution in [0.1, 0.15) is 10.5 Å². The Balaban J connectivity index is 2.64. The molecular formula is C8H8N4O. The van der Waals surface area contributed by atoms with Gasteiger partial charge in [0.15, 0.2) is 5.69 Å². The molecule has 0 spiro atoms. The van der Waals surface area contributed by atoms with Crippen molar-refractivity contribution in [3.8, 4) is 0 Å². The molecule has 0 aliphatic carbocycles. The molecule has 2 aromatic heterocycles. The van der Waals surface area contributed by atoms with E-state index in [0.717, 1.165) is 10.9 Å². The number of nitrogens with one attached hydrogen (secondary N) is 2. The van der Waals surface area contributed by atoms with Crippen molar-refractivity contribution in [1.82, 2.24) is 20.5 Å². The highest BCUT2D eigenvalue weighted by atomic mass is 16.1. The highest BCUT2D eigenvalue weighted by Crippen LogP contribution is 2.12. The number of fused-ring (bicyclic) bond motifs is 1. The van der Waals surface area contributed by atoms with Gasteiger partial charge in [-0.25, -0.2) is 0 Å². The lowest BCUT2D eigenvalue weighted by Gasteiger charge is -1.93. The Morgan fingerprint density at radius 3 is 3.23 bits per heavy atom. The summed E-state index contributed by atoms with van der Waals surface area (Å²) < 4.78 is 0. The van der Waals surface area contributed by atoms with E-state index in [1.807, 2.05) is 0 Å². The number of aromatic nitrogens is 3. The molecule has 0 radical (unpaired) electrons. The van der Waals surface area contributed by atoms with E-state index in [1.165, 1.54) is 0 Å². The van der Waals surface area contributed by atoms with Gasteiger partial charge in [0.25, 0.3) is 5.91 Å². The predicted molar refractivity (Wildman–Crippen MR) is 47.3 cm³/mol. The first-order valence-electron chi connectivity index (χ1n) is 3.83. The van der Waals surface area contributed by atoms with Crippen molar-refractivity contribution in [2.24, 2.45) is 0 Å². The molecule has 0 fully saturated rings. The molecule has 0 bridgehead atoms. The summed E-state index contributed by atoms with van der Waals surface area (Å²) in [6, 6.07) is 1.77. The molecule has 2 N–H and O–H groups in total.